The van der Waals surface area contributed by atoms with Gasteiger partial charge in [0.05, 0.1) is 17.5 Å². The van der Waals surface area contributed by atoms with E-state index in [-0.39, 0.29) is 5.88 Å². The second-order valence-corrected chi connectivity index (χ2v) is 4.54. The van der Waals surface area contributed by atoms with Crippen LogP contribution >= 0.6 is 11.6 Å². The standard InChI is InChI=1S/C12H13ClN2O2/c1-17-7-4-8-10-6-14-2-3-15(10)12(16)11(8)9(13)5-7/h4-5,14,16H,2-3,6H2,1H3. The first-order valence-electron chi connectivity index (χ1n) is 5.50. The largest absolute Gasteiger partial charge is 0.497 e. The summed E-state index contributed by atoms with van der Waals surface area (Å²) in [6.07, 6.45) is 0. The van der Waals surface area contributed by atoms with Gasteiger partial charge in [-0.05, 0) is 12.1 Å². The second-order valence-electron chi connectivity index (χ2n) is 4.13. The summed E-state index contributed by atoms with van der Waals surface area (Å²) in [6, 6.07) is 3.64. The normalized spacial score (nSPS) is 14.9. The fourth-order valence-electron chi connectivity index (χ4n) is 2.39. The van der Waals surface area contributed by atoms with Gasteiger partial charge in [0.25, 0.3) is 0 Å². The number of nitrogens with zero attached hydrogens (tertiary/aromatic N) is 1. The Balaban J connectivity index is 2.38. The Bertz CT molecular complexity index is 592. The Morgan fingerprint density at radius 1 is 1.47 bits per heavy atom. The van der Waals surface area contributed by atoms with Gasteiger partial charge in [0.15, 0.2) is 0 Å². The predicted molar refractivity (Wildman–Crippen MR) is 66.9 cm³/mol. The summed E-state index contributed by atoms with van der Waals surface area (Å²) in [5.74, 6) is 0.964. The Hall–Kier alpha value is -1.39. The highest BCUT2D eigenvalue weighted by Crippen LogP contribution is 2.39. The van der Waals surface area contributed by atoms with Crippen molar-refractivity contribution >= 4 is 22.4 Å². The van der Waals surface area contributed by atoms with Crippen LogP contribution in [0.1, 0.15) is 5.69 Å². The third-order valence-corrected chi connectivity index (χ3v) is 3.52. The van der Waals surface area contributed by atoms with Crippen LogP contribution in [-0.2, 0) is 13.1 Å². The third kappa shape index (κ3) is 1.48. The van der Waals surface area contributed by atoms with Crippen LogP contribution in [0.2, 0.25) is 5.02 Å². The molecule has 1 aliphatic rings. The van der Waals surface area contributed by atoms with E-state index in [1.807, 2.05) is 10.6 Å². The summed E-state index contributed by atoms with van der Waals surface area (Å²) in [6.45, 7) is 2.35. The van der Waals surface area contributed by atoms with Gasteiger partial charge in [0, 0.05) is 30.7 Å². The van der Waals surface area contributed by atoms with Gasteiger partial charge in [-0.25, -0.2) is 0 Å². The fourth-order valence-corrected chi connectivity index (χ4v) is 2.69. The number of halogens is 1. The van der Waals surface area contributed by atoms with Gasteiger partial charge in [-0.15, -0.1) is 0 Å². The molecule has 0 radical (unpaired) electrons. The molecule has 2 heterocycles. The van der Waals surface area contributed by atoms with E-state index in [4.69, 9.17) is 16.3 Å². The van der Waals surface area contributed by atoms with Crippen LogP contribution in [0.4, 0.5) is 0 Å². The maximum absolute atomic E-state index is 10.2. The zero-order chi connectivity index (χ0) is 12.0. The maximum Gasteiger partial charge on any atom is 0.200 e. The molecule has 5 heteroatoms. The Kier molecular flexibility index (Phi) is 2.42. The predicted octanol–water partition coefficient (Wildman–Crippen LogP) is 2.11. The van der Waals surface area contributed by atoms with Crippen LogP contribution in [0.3, 0.4) is 0 Å². The van der Waals surface area contributed by atoms with E-state index in [1.165, 1.54) is 0 Å². The number of methoxy groups -OCH3 is 1. The van der Waals surface area contributed by atoms with Gasteiger partial charge < -0.3 is 19.7 Å². The third-order valence-electron chi connectivity index (χ3n) is 3.22. The maximum atomic E-state index is 10.2. The zero-order valence-corrected chi connectivity index (χ0v) is 10.2. The van der Waals surface area contributed by atoms with Crippen molar-refractivity contribution in [1.82, 2.24) is 9.88 Å². The second kappa shape index (κ2) is 3.82. The first-order chi connectivity index (χ1) is 8.22. The van der Waals surface area contributed by atoms with E-state index in [0.29, 0.717) is 16.2 Å². The molecule has 3 rings (SSSR count). The number of benzene rings is 1. The number of hydrogen-bond acceptors (Lipinski definition) is 3. The van der Waals surface area contributed by atoms with Crippen molar-refractivity contribution in [2.24, 2.45) is 0 Å². The van der Waals surface area contributed by atoms with Gasteiger partial charge in [-0.1, -0.05) is 11.6 Å². The Morgan fingerprint density at radius 3 is 3.06 bits per heavy atom. The minimum Gasteiger partial charge on any atom is -0.497 e. The van der Waals surface area contributed by atoms with Crippen LogP contribution in [0.25, 0.3) is 10.8 Å². The average molecular weight is 253 g/mol. The molecule has 4 nitrogen and oxygen atoms in total. The van der Waals surface area contributed by atoms with Crippen molar-refractivity contribution in [1.29, 1.82) is 0 Å². The molecule has 0 saturated heterocycles. The highest BCUT2D eigenvalue weighted by molar-refractivity contribution is 6.36. The number of fused-ring (bicyclic) bond motifs is 3. The molecule has 0 saturated carbocycles. The van der Waals surface area contributed by atoms with Gasteiger partial charge in [0.2, 0.25) is 5.88 Å². The van der Waals surface area contributed by atoms with Crippen LogP contribution < -0.4 is 10.1 Å². The molecule has 0 bridgehead atoms. The minimum absolute atomic E-state index is 0.254. The highest BCUT2D eigenvalue weighted by atomic mass is 35.5. The molecule has 0 fully saturated rings. The molecular formula is C12H13ClN2O2. The SMILES string of the molecule is COc1cc(Cl)c2c(O)n3c(c2c1)CNCC3. The lowest BCUT2D eigenvalue weighted by atomic mass is 10.1. The monoisotopic (exact) mass is 252 g/mol. The number of hydrogen-bond donors (Lipinski definition) is 2. The minimum atomic E-state index is 0.254. The van der Waals surface area contributed by atoms with Crippen LogP contribution in [0.15, 0.2) is 12.1 Å². The van der Waals surface area contributed by atoms with Gasteiger partial charge in [-0.3, -0.25) is 0 Å². The number of ether oxygens (including phenoxy) is 1. The summed E-state index contributed by atoms with van der Waals surface area (Å²) in [5.41, 5.74) is 1.06. The molecule has 1 aliphatic heterocycles. The highest BCUT2D eigenvalue weighted by Gasteiger charge is 2.21. The van der Waals surface area contributed by atoms with Gasteiger partial charge in [-0.2, -0.15) is 0 Å². The van der Waals surface area contributed by atoms with Crippen LogP contribution in [0.5, 0.6) is 11.6 Å². The summed E-state index contributed by atoms with van der Waals surface area (Å²) in [5, 5.41) is 15.7. The molecule has 2 aromatic rings. The Morgan fingerprint density at radius 2 is 2.29 bits per heavy atom. The molecule has 1 aromatic heterocycles. The van der Waals surface area contributed by atoms with Crippen molar-refractivity contribution in [3.63, 3.8) is 0 Å². The van der Waals surface area contributed by atoms with E-state index < -0.39 is 0 Å². The van der Waals surface area contributed by atoms with E-state index in [1.54, 1.807) is 13.2 Å². The quantitative estimate of drug-likeness (QED) is 0.817. The molecule has 0 amide bonds. The van der Waals surface area contributed by atoms with E-state index in [9.17, 15) is 5.11 Å². The molecule has 17 heavy (non-hydrogen) atoms. The molecule has 2 N–H and O–H groups in total. The van der Waals surface area contributed by atoms with Crippen LogP contribution in [0, 0.1) is 0 Å². The number of rotatable bonds is 1. The van der Waals surface area contributed by atoms with E-state index >= 15 is 0 Å². The molecular weight excluding hydrogens is 240 g/mol. The van der Waals surface area contributed by atoms with Crippen molar-refractivity contribution in [3.8, 4) is 11.6 Å². The number of aromatic nitrogens is 1. The first kappa shape index (κ1) is 10.7. The first-order valence-corrected chi connectivity index (χ1v) is 5.88. The average Bonchev–Trinajstić information content (AvgIpc) is 2.64. The molecule has 0 unspecified atom stereocenters. The Labute approximate surface area is 104 Å². The molecule has 0 aliphatic carbocycles. The number of nitrogens with one attached hydrogen (secondary N) is 1. The van der Waals surface area contributed by atoms with Gasteiger partial charge in [0.1, 0.15) is 5.75 Å². The summed E-state index contributed by atoms with van der Waals surface area (Å²) in [7, 11) is 1.61. The smallest absolute Gasteiger partial charge is 0.200 e. The molecule has 0 atom stereocenters. The molecule has 0 spiro atoms. The van der Waals surface area contributed by atoms with Gasteiger partial charge >= 0.3 is 0 Å². The van der Waals surface area contributed by atoms with Crippen LogP contribution in [-0.4, -0.2) is 23.3 Å². The summed E-state index contributed by atoms with van der Waals surface area (Å²) in [4.78, 5) is 0. The lowest BCUT2D eigenvalue weighted by molar-refractivity contribution is 0.396. The summed E-state index contributed by atoms with van der Waals surface area (Å²) >= 11 is 6.19. The zero-order valence-electron chi connectivity index (χ0n) is 9.46. The van der Waals surface area contributed by atoms with Crippen molar-refractivity contribution in [2.45, 2.75) is 13.1 Å². The van der Waals surface area contributed by atoms with E-state index in [0.717, 1.165) is 30.7 Å². The van der Waals surface area contributed by atoms with Crippen molar-refractivity contribution < 1.29 is 9.84 Å². The summed E-state index contributed by atoms with van der Waals surface area (Å²) < 4.78 is 7.12. The van der Waals surface area contributed by atoms with E-state index in [2.05, 4.69) is 5.32 Å². The van der Waals surface area contributed by atoms with Crippen molar-refractivity contribution in [3.05, 3.63) is 22.8 Å². The lowest BCUT2D eigenvalue weighted by Gasteiger charge is -2.17. The number of aromatic hydroxyl groups is 1. The topological polar surface area (TPSA) is 46.4 Å². The van der Waals surface area contributed by atoms with Crippen molar-refractivity contribution in [2.75, 3.05) is 13.7 Å². The lowest BCUT2D eigenvalue weighted by Crippen LogP contribution is -2.27. The molecule has 1 aromatic carbocycles. The molecule has 90 valence electrons. The fraction of sp³-hybridized carbons (Fsp3) is 0.333.